The summed E-state index contributed by atoms with van der Waals surface area (Å²) in [7, 11) is 3.78. The lowest BCUT2D eigenvalue weighted by molar-refractivity contribution is 0.415. The Balaban J connectivity index is 2.20. The lowest BCUT2D eigenvalue weighted by Gasteiger charge is -2.21. The van der Waals surface area contributed by atoms with Crippen LogP contribution in [0, 0.1) is 0 Å². The molecule has 2 aromatic rings. The van der Waals surface area contributed by atoms with Crippen LogP contribution in [0.4, 0.5) is 5.69 Å². The van der Waals surface area contributed by atoms with E-state index in [-0.39, 0.29) is 0 Å². The number of anilines is 1. The molecule has 90 valence electrons. The van der Waals surface area contributed by atoms with Crippen LogP contribution in [0.5, 0.6) is 5.75 Å². The Labute approximate surface area is 114 Å². The zero-order valence-corrected chi connectivity index (χ0v) is 12.2. The molecule has 0 spiro atoms. The molecular weight excluding hydrogens is 298 g/mol. The maximum absolute atomic E-state index is 5.37. The molecule has 0 N–H and O–H groups in total. The zero-order valence-electron chi connectivity index (χ0n) is 9.81. The van der Waals surface area contributed by atoms with Crippen molar-refractivity contribution in [3.05, 3.63) is 45.1 Å². The number of thiophene rings is 1. The molecule has 1 heterocycles. The van der Waals surface area contributed by atoms with Crippen LogP contribution in [0.25, 0.3) is 0 Å². The van der Waals surface area contributed by atoms with Crippen LogP contribution in [-0.4, -0.2) is 14.2 Å². The molecule has 2 rings (SSSR count). The molecule has 0 fully saturated rings. The number of nitrogens with zero attached hydrogens (tertiary/aromatic N) is 1. The van der Waals surface area contributed by atoms with E-state index < -0.39 is 0 Å². The summed E-state index contributed by atoms with van der Waals surface area (Å²) in [5, 5.41) is 2.09. The number of halogens is 1. The first kappa shape index (κ1) is 12.5. The number of para-hydroxylation sites is 2. The van der Waals surface area contributed by atoms with Crippen molar-refractivity contribution in [1.82, 2.24) is 0 Å². The van der Waals surface area contributed by atoms with E-state index in [0.717, 1.165) is 18.0 Å². The van der Waals surface area contributed by atoms with Crippen molar-refractivity contribution in [2.45, 2.75) is 6.54 Å². The lowest BCUT2D eigenvalue weighted by Crippen LogP contribution is -2.16. The molecule has 1 aromatic heterocycles. The summed E-state index contributed by atoms with van der Waals surface area (Å²) in [6.45, 7) is 0.874. The van der Waals surface area contributed by atoms with E-state index in [0.29, 0.717) is 0 Å². The van der Waals surface area contributed by atoms with Gasteiger partial charge in [-0.2, -0.15) is 0 Å². The standard InChI is InChI=1S/C13H14BrNOS/c1-15(9-13-10(14)7-8-17-13)11-5-3-4-6-12(11)16-2/h3-8H,9H2,1-2H3. The van der Waals surface area contributed by atoms with Crippen molar-refractivity contribution in [2.24, 2.45) is 0 Å². The monoisotopic (exact) mass is 311 g/mol. The van der Waals surface area contributed by atoms with Gasteiger partial charge in [0.05, 0.1) is 19.3 Å². The Bertz CT molecular complexity index is 498. The van der Waals surface area contributed by atoms with Gasteiger partial charge in [0.2, 0.25) is 0 Å². The first-order chi connectivity index (χ1) is 8.22. The van der Waals surface area contributed by atoms with Crippen LogP contribution in [0.15, 0.2) is 40.2 Å². The van der Waals surface area contributed by atoms with Crippen LogP contribution in [0.1, 0.15) is 4.88 Å². The number of ether oxygens (including phenoxy) is 1. The first-order valence-corrected chi connectivity index (χ1v) is 6.95. The highest BCUT2D eigenvalue weighted by Crippen LogP contribution is 2.30. The quantitative estimate of drug-likeness (QED) is 0.841. The second-order valence-electron chi connectivity index (χ2n) is 3.72. The summed E-state index contributed by atoms with van der Waals surface area (Å²) in [5.74, 6) is 0.905. The smallest absolute Gasteiger partial charge is 0.142 e. The van der Waals surface area contributed by atoms with Gasteiger partial charge in [0.15, 0.2) is 0 Å². The minimum absolute atomic E-state index is 0.874. The van der Waals surface area contributed by atoms with E-state index >= 15 is 0 Å². The third-order valence-electron chi connectivity index (χ3n) is 2.57. The molecule has 0 aliphatic heterocycles. The predicted molar refractivity (Wildman–Crippen MR) is 77.1 cm³/mol. The fourth-order valence-corrected chi connectivity index (χ4v) is 3.21. The SMILES string of the molecule is COc1ccccc1N(C)Cc1sccc1Br. The van der Waals surface area contributed by atoms with Gasteiger partial charge in [-0.05, 0) is 39.5 Å². The summed E-state index contributed by atoms with van der Waals surface area (Å²) >= 11 is 5.31. The molecule has 0 saturated carbocycles. The van der Waals surface area contributed by atoms with Gasteiger partial charge >= 0.3 is 0 Å². The molecule has 0 aliphatic rings. The molecule has 17 heavy (non-hydrogen) atoms. The molecule has 0 bridgehead atoms. The van der Waals surface area contributed by atoms with Gasteiger partial charge in [0.1, 0.15) is 5.75 Å². The van der Waals surface area contributed by atoms with Crippen LogP contribution in [0.2, 0.25) is 0 Å². The average molecular weight is 312 g/mol. The molecule has 4 heteroatoms. The molecule has 0 amide bonds. The molecule has 2 nitrogen and oxygen atoms in total. The highest BCUT2D eigenvalue weighted by atomic mass is 79.9. The third-order valence-corrected chi connectivity index (χ3v) is 4.48. The van der Waals surface area contributed by atoms with Crippen LogP contribution >= 0.6 is 27.3 Å². The molecule has 0 saturated heterocycles. The van der Waals surface area contributed by atoms with E-state index in [1.165, 1.54) is 9.35 Å². The molecule has 0 unspecified atom stereocenters. The summed E-state index contributed by atoms with van der Waals surface area (Å²) in [6, 6.07) is 10.1. The van der Waals surface area contributed by atoms with E-state index in [1.54, 1.807) is 18.4 Å². The highest BCUT2D eigenvalue weighted by Gasteiger charge is 2.10. The Hall–Kier alpha value is -1.00. The van der Waals surface area contributed by atoms with Gasteiger partial charge in [-0.15, -0.1) is 11.3 Å². The molecular formula is C13H14BrNOS. The van der Waals surface area contributed by atoms with Gasteiger partial charge in [-0.25, -0.2) is 0 Å². The summed E-state index contributed by atoms with van der Waals surface area (Å²) in [5.41, 5.74) is 1.11. The Morgan fingerprint density at radius 2 is 2.06 bits per heavy atom. The van der Waals surface area contributed by atoms with E-state index in [1.807, 2.05) is 18.2 Å². The number of methoxy groups -OCH3 is 1. The van der Waals surface area contributed by atoms with Crippen molar-refractivity contribution in [3.63, 3.8) is 0 Å². The fourth-order valence-electron chi connectivity index (χ4n) is 1.68. The number of benzene rings is 1. The molecule has 1 aromatic carbocycles. The highest BCUT2D eigenvalue weighted by molar-refractivity contribution is 9.10. The molecule has 0 aliphatic carbocycles. The van der Waals surface area contributed by atoms with Crippen molar-refractivity contribution in [2.75, 3.05) is 19.1 Å². The second kappa shape index (κ2) is 5.56. The number of hydrogen-bond acceptors (Lipinski definition) is 3. The normalized spacial score (nSPS) is 10.3. The van der Waals surface area contributed by atoms with E-state index in [2.05, 4.69) is 45.4 Å². The van der Waals surface area contributed by atoms with E-state index in [4.69, 9.17) is 4.74 Å². The summed E-state index contributed by atoms with van der Waals surface area (Å²) in [6.07, 6.45) is 0. The maximum Gasteiger partial charge on any atom is 0.142 e. The van der Waals surface area contributed by atoms with Crippen molar-refractivity contribution < 1.29 is 4.74 Å². The van der Waals surface area contributed by atoms with Crippen LogP contribution < -0.4 is 9.64 Å². The largest absolute Gasteiger partial charge is 0.495 e. The minimum atomic E-state index is 0.874. The van der Waals surface area contributed by atoms with Gasteiger partial charge < -0.3 is 9.64 Å². The zero-order chi connectivity index (χ0) is 12.3. The second-order valence-corrected chi connectivity index (χ2v) is 5.57. The van der Waals surface area contributed by atoms with Crippen molar-refractivity contribution >= 4 is 33.0 Å². The number of rotatable bonds is 4. The average Bonchev–Trinajstić information content (AvgIpc) is 2.75. The molecule has 0 atom stereocenters. The summed E-state index contributed by atoms with van der Waals surface area (Å²) in [4.78, 5) is 3.51. The predicted octanol–water partition coefficient (Wildman–Crippen LogP) is 4.16. The van der Waals surface area contributed by atoms with Gasteiger partial charge in [0.25, 0.3) is 0 Å². The van der Waals surface area contributed by atoms with E-state index in [9.17, 15) is 0 Å². The fraction of sp³-hybridized carbons (Fsp3) is 0.231. The van der Waals surface area contributed by atoms with Gasteiger partial charge in [-0.3, -0.25) is 0 Å². The van der Waals surface area contributed by atoms with Crippen molar-refractivity contribution in [3.8, 4) is 5.75 Å². The first-order valence-electron chi connectivity index (χ1n) is 5.28. The minimum Gasteiger partial charge on any atom is -0.495 e. The van der Waals surface area contributed by atoms with Gasteiger partial charge in [0, 0.05) is 16.4 Å². The topological polar surface area (TPSA) is 12.5 Å². The Morgan fingerprint density at radius 1 is 1.29 bits per heavy atom. The van der Waals surface area contributed by atoms with Crippen molar-refractivity contribution in [1.29, 1.82) is 0 Å². The Kier molecular flexibility index (Phi) is 4.07. The summed E-state index contributed by atoms with van der Waals surface area (Å²) < 4.78 is 6.54. The maximum atomic E-state index is 5.37. The van der Waals surface area contributed by atoms with Crippen LogP contribution in [-0.2, 0) is 6.54 Å². The number of hydrogen-bond donors (Lipinski definition) is 0. The Morgan fingerprint density at radius 3 is 2.71 bits per heavy atom. The van der Waals surface area contributed by atoms with Crippen LogP contribution in [0.3, 0.4) is 0 Å². The third kappa shape index (κ3) is 2.82. The van der Waals surface area contributed by atoms with Gasteiger partial charge in [-0.1, -0.05) is 12.1 Å². The molecule has 0 radical (unpaired) electrons. The lowest BCUT2D eigenvalue weighted by atomic mass is 10.2.